The Morgan fingerprint density at radius 3 is 2.28 bits per heavy atom. The van der Waals surface area contributed by atoms with Gasteiger partial charge in [0.2, 0.25) is 0 Å². The summed E-state index contributed by atoms with van der Waals surface area (Å²) in [7, 11) is 0. The van der Waals surface area contributed by atoms with Crippen molar-refractivity contribution in [3.8, 4) is 0 Å². The van der Waals surface area contributed by atoms with Crippen molar-refractivity contribution in [2.75, 3.05) is 11.1 Å². The van der Waals surface area contributed by atoms with Gasteiger partial charge in [-0.25, -0.2) is 8.78 Å². The molecule has 0 aliphatic heterocycles. The first kappa shape index (κ1) is 12.9. The van der Waals surface area contributed by atoms with E-state index in [-0.39, 0.29) is 21.4 Å². The fraction of sp³-hybridized carbons (Fsp3) is 0. The number of rotatable bonds is 2. The van der Waals surface area contributed by atoms with E-state index in [2.05, 4.69) is 5.32 Å². The van der Waals surface area contributed by atoms with Crippen molar-refractivity contribution in [1.29, 1.82) is 0 Å². The maximum absolute atomic E-state index is 13.5. The van der Waals surface area contributed by atoms with Crippen LogP contribution in [-0.2, 0) is 0 Å². The Bertz CT molecular complexity index is 580. The second-order valence-electron chi connectivity index (χ2n) is 3.59. The van der Waals surface area contributed by atoms with Gasteiger partial charge in [0.25, 0.3) is 0 Å². The average molecular weight is 289 g/mol. The van der Waals surface area contributed by atoms with E-state index in [1.54, 1.807) is 0 Å². The van der Waals surface area contributed by atoms with Gasteiger partial charge < -0.3 is 11.1 Å². The summed E-state index contributed by atoms with van der Waals surface area (Å²) in [6.45, 7) is 0. The lowest BCUT2D eigenvalue weighted by Crippen LogP contribution is -1.98. The summed E-state index contributed by atoms with van der Waals surface area (Å²) >= 11 is 11.9. The fourth-order valence-corrected chi connectivity index (χ4v) is 2.05. The Morgan fingerprint density at radius 1 is 1.06 bits per heavy atom. The molecule has 0 radical (unpaired) electrons. The van der Waals surface area contributed by atoms with Crippen molar-refractivity contribution in [3.05, 3.63) is 52.0 Å². The molecule has 2 aromatic carbocycles. The minimum atomic E-state index is -0.999. The minimum Gasteiger partial charge on any atom is -0.399 e. The van der Waals surface area contributed by atoms with E-state index in [4.69, 9.17) is 28.9 Å². The highest BCUT2D eigenvalue weighted by Gasteiger charge is 2.12. The van der Waals surface area contributed by atoms with E-state index >= 15 is 0 Å². The maximum Gasteiger partial charge on any atom is 0.182 e. The van der Waals surface area contributed by atoms with Crippen LogP contribution >= 0.6 is 23.2 Å². The van der Waals surface area contributed by atoms with Gasteiger partial charge in [-0.1, -0.05) is 29.3 Å². The molecule has 0 heterocycles. The molecule has 94 valence electrons. The Morgan fingerprint density at radius 2 is 1.67 bits per heavy atom. The Balaban J connectivity index is 2.43. The van der Waals surface area contributed by atoms with E-state index in [1.807, 2.05) is 0 Å². The van der Waals surface area contributed by atoms with Crippen LogP contribution in [-0.4, -0.2) is 0 Å². The third-order valence-corrected chi connectivity index (χ3v) is 2.87. The Hall–Kier alpha value is -1.52. The van der Waals surface area contributed by atoms with Crippen molar-refractivity contribution < 1.29 is 8.78 Å². The van der Waals surface area contributed by atoms with Crippen LogP contribution in [0.2, 0.25) is 10.0 Å². The predicted octanol–water partition coefficient (Wildman–Crippen LogP) is 4.60. The number of halogens is 4. The molecule has 0 unspecified atom stereocenters. The predicted molar refractivity (Wildman–Crippen MR) is 70.5 cm³/mol. The third-order valence-electron chi connectivity index (χ3n) is 2.28. The molecule has 0 bridgehead atoms. The number of anilines is 3. The smallest absolute Gasteiger partial charge is 0.182 e. The van der Waals surface area contributed by atoms with Crippen molar-refractivity contribution in [1.82, 2.24) is 0 Å². The molecule has 0 saturated heterocycles. The minimum absolute atomic E-state index is 0.0522. The highest BCUT2D eigenvalue weighted by atomic mass is 35.5. The van der Waals surface area contributed by atoms with Crippen molar-refractivity contribution in [3.63, 3.8) is 0 Å². The van der Waals surface area contributed by atoms with Crippen LogP contribution in [0.15, 0.2) is 30.3 Å². The number of hydrogen-bond acceptors (Lipinski definition) is 2. The monoisotopic (exact) mass is 288 g/mol. The number of nitrogen functional groups attached to an aromatic ring is 1. The van der Waals surface area contributed by atoms with Gasteiger partial charge >= 0.3 is 0 Å². The summed E-state index contributed by atoms with van der Waals surface area (Å²) in [5, 5.41) is 3.09. The van der Waals surface area contributed by atoms with Crippen molar-refractivity contribution in [2.24, 2.45) is 0 Å². The van der Waals surface area contributed by atoms with E-state index in [9.17, 15) is 8.78 Å². The van der Waals surface area contributed by atoms with E-state index in [0.717, 1.165) is 6.07 Å². The van der Waals surface area contributed by atoms with Crippen LogP contribution in [0.3, 0.4) is 0 Å². The standard InChI is InChI=1S/C12H8Cl2F2N2/c13-7-4-6(17)5-8(14)12(7)18-10-3-1-2-9(15)11(10)16/h1-5,18H,17H2. The zero-order valence-corrected chi connectivity index (χ0v) is 10.5. The molecular formula is C12H8Cl2F2N2. The molecule has 0 aromatic heterocycles. The molecule has 18 heavy (non-hydrogen) atoms. The number of nitrogens with two attached hydrogens (primary N) is 1. The molecule has 0 aliphatic carbocycles. The van der Waals surface area contributed by atoms with Crippen LogP contribution in [0, 0.1) is 11.6 Å². The summed E-state index contributed by atoms with van der Waals surface area (Å²) in [4.78, 5) is 0. The summed E-state index contributed by atoms with van der Waals surface area (Å²) < 4.78 is 26.5. The van der Waals surface area contributed by atoms with E-state index in [0.29, 0.717) is 5.69 Å². The Labute approximate surface area is 112 Å². The molecule has 0 spiro atoms. The lowest BCUT2D eigenvalue weighted by Gasteiger charge is -2.12. The van der Waals surface area contributed by atoms with Crippen LogP contribution in [0.4, 0.5) is 25.8 Å². The average Bonchev–Trinajstić information content (AvgIpc) is 2.28. The molecule has 6 heteroatoms. The zero-order chi connectivity index (χ0) is 13.3. The van der Waals surface area contributed by atoms with Crippen molar-refractivity contribution >= 4 is 40.3 Å². The van der Waals surface area contributed by atoms with E-state index < -0.39 is 11.6 Å². The second-order valence-corrected chi connectivity index (χ2v) is 4.40. The number of hydrogen-bond donors (Lipinski definition) is 2. The van der Waals surface area contributed by atoms with Crippen LogP contribution in [0.1, 0.15) is 0 Å². The lowest BCUT2D eigenvalue weighted by atomic mass is 10.2. The first-order valence-corrected chi connectivity index (χ1v) is 5.70. The normalized spacial score (nSPS) is 10.4. The van der Waals surface area contributed by atoms with Gasteiger partial charge in [0.1, 0.15) is 0 Å². The molecule has 2 aromatic rings. The second kappa shape index (κ2) is 5.00. The summed E-state index contributed by atoms with van der Waals surface area (Å²) in [5.41, 5.74) is 6.15. The third kappa shape index (κ3) is 2.49. The highest BCUT2D eigenvalue weighted by Crippen LogP contribution is 2.35. The summed E-state index contributed by atoms with van der Waals surface area (Å²) in [6.07, 6.45) is 0. The van der Waals surface area contributed by atoms with Gasteiger partial charge in [-0.05, 0) is 24.3 Å². The molecule has 2 rings (SSSR count). The first-order chi connectivity index (χ1) is 8.49. The van der Waals surface area contributed by atoms with Gasteiger partial charge in [0.15, 0.2) is 11.6 Å². The van der Waals surface area contributed by atoms with Crippen LogP contribution < -0.4 is 11.1 Å². The molecule has 0 atom stereocenters. The van der Waals surface area contributed by atoms with Crippen LogP contribution in [0.5, 0.6) is 0 Å². The highest BCUT2D eigenvalue weighted by molar-refractivity contribution is 6.39. The molecule has 0 fully saturated rings. The van der Waals surface area contributed by atoms with Gasteiger partial charge in [-0.3, -0.25) is 0 Å². The summed E-state index contributed by atoms with van der Waals surface area (Å²) in [5.74, 6) is -1.95. The number of benzene rings is 2. The zero-order valence-electron chi connectivity index (χ0n) is 8.98. The SMILES string of the molecule is Nc1cc(Cl)c(Nc2cccc(F)c2F)c(Cl)c1. The van der Waals surface area contributed by atoms with Crippen molar-refractivity contribution in [2.45, 2.75) is 0 Å². The molecule has 2 nitrogen and oxygen atoms in total. The van der Waals surface area contributed by atoms with Gasteiger partial charge in [0.05, 0.1) is 21.4 Å². The Kier molecular flexibility index (Phi) is 3.59. The van der Waals surface area contributed by atoms with Gasteiger partial charge in [-0.2, -0.15) is 0 Å². The topological polar surface area (TPSA) is 38.0 Å². The quantitative estimate of drug-likeness (QED) is 0.793. The van der Waals surface area contributed by atoms with Crippen LogP contribution in [0.25, 0.3) is 0 Å². The molecule has 3 N–H and O–H groups in total. The fourth-order valence-electron chi connectivity index (χ4n) is 1.45. The molecule has 0 amide bonds. The lowest BCUT2D eigenvalue weighted by molar-refractivity contribution is 0.512. The molecule has 0 aliphatic rings. The van der Waals surface area contributed by atoms with Gasteiger partial charge in [-0.15, -0.1) is 0 Å². The largest absolute Gasteiger partial charge is 0.399 e. The van der Waals surface area contributed by atoms with E-state index in [1.165, 1.54) is 24.3 Å². The molecule has 0 saturated carbocycles. The summed E-state index contributed by atoms with van der Waals surface area (Å²) in [6, 6.07) is 6.70. The first-order valence-electron chi connectivity index (χ1n) is 4.94. The maximum atomic E-state index is 13.5. The number of nitrogens with one attached hydrogen (secondary N) is 1. The molecular weight excluding hydrogens is 281 g/mol. The van der Waals surface area contributed by atoms with Gasteiger partial charge in [0, 0.05) is 5.69 Å².